The van der Waals surface area contributed by atoms with E-state index in [0.29, 0.717) is 4.47 Å². The SMILES string of the molecule is Cc1c(I)cnc(C(F)F)c1Br. The Hall–Kier alpha value is 0.220. The molecule has 0 radical (unpaired) electrons. The predicted octanol–water partition coefficient (Wildman–Crippen LogP) is 3.69. The van der Waals surface area contributed by atoms with E-state index in [0.717, 1.165) is 9.13 Å². The normalized spacial score (nSPS) is 10.8. The fourth-order valence-electron chi connectivity index (χ4n) is 0.729. The van der Waals surface area contributed by atoms with Crippen molar-refractivity contribution in [3.8, 4) is 0 Å². The second kappa shape index (κ2) is 3.95. The molecule has 66 valence electrons. The third kappa shape index (κ3) is 1.93. The molecule has 0 aliphatic heterocycles. The van der Waals surface area contributed by atoms with Gasteiger partial charge in [-0.1, -0.05) is 0 Å². The summed E-state index contributed by atoms with van der Waals surface area (Å²) < 4.78 is 25.8. The molecule has 0 spiro atoms. The van der Waals surface area contributed by atoms with Crippen molar-refractivity contribution >= 4 is 38.5 Å². The first kappa shape index (κ1) is 10.3. The predicted molar refractivity (Wildman–Crippen MR) is 54.3 cm³/mol. The molecule has 0 bridgehead atoms. The molecule has 1 aromatic rings. The minimum atomic E-state index is -2.52. The van der Waals surface area contributed by atoms with E-state index in [1.807, 2.05) is 0 Å². The Labute approximate surface area is 90.8 Å². The molecule has 0 aliphatic carbocycles. The van der Waals surface area contributed by atoms with Crippen molar-refractivity contribution in [2.75, 3.05) is 0 Å². The fraction of sp³-hybridized carbons (Fsp3) is 0.286. The highest BCUT2D eigenvalue weighted by Crippen LogP contribution is 2.29. The van der Waals surface area contributed by atoms with Gasteiger partial charge in [0.25, 0.3) is 6.43 Å². The van der Waals surface area contributed by atoms with Crippen LogP contribution in [-0.4, -0.2) is 4.98 Å². The third-order valence-corrected chi connectivity index (χ3v) is 3.52. The van der Waals surface area contributed by atoms with Gasteiger partial charge in [-0.25, -0.2) is 8.78 Å². The lowest BCUT2D eigenvalue weighted by molar-refractivity contribution is 0.145. The van der Waals surface area contributed by atoms with Crippen LogP contribution in [0, 0.1) is 10.5 Å². The van der Waals surface area contributed by atoms with E-state index in [2.05, 4.69) is 43.5 Å². The summed E-state index contributed by atoms with van der Waals surface area (Å²) in [6.45, 7) is 1.78. The van der Waals surface area contributed by atoms with Crippen molar-refractivity contribution in [1.29, 1.82) is 0 Å². The lowest BCUT2D eigenvalue weighted by Gasteiger charge is -2.05. The molecule has 1 nitrogen and oxygen atoms in total. The van der Waals surface area contributed by atoms with Gasteiger partial charge in [0.05, 0.1) is 0 Å². The standard InChI is InChI=1S/C7H5BrF2IN/c1-3-4(11)2-12-6(5(3)8)7(9)10/h2,7H,1H3. The first-order valence-electron chi connectivity index (χ1n) is 3.12. The number of pyridine rings is 1. The number of alkyl halides is 2. The zero-order chi connectivity index (χ0) is 9.30. The molecule has 1 aromatic heterocycles. The Morgan fingerprint density at radius 1 is 1.58 bits per heavy atom. The molecule has 12 heavy (non-hydrogen) atoms. The second-order valence-electron chi connectivity index (χ2n) is 2.23. The molecular formula is C7H5BrF2IN. The fourth-order valence-corrected chi connectivity index (χ4v) is 2.00. The highest BCUT2D eigenvalue weighted by Gasteiger charge is 2.15. The van der Waals surface area contributed by atoms with E-state index >= 15 is 0 Å². The number of halogens is 4. The Morgan fingerprint density at radius 2 is 2.17 bits per heavy atom. The van der Waals surface area contributed by atoms with Crippen LogP contribution >= 0.6 is 38.5 Å². The molecule has 0 saturated carbocycles. The Kier molecular flexibility index (Phi) is 3.39. The molecule has 5 heteroatoms. The summed E-state index contributed by atoms with van der Waals surface area (Å²) in [6.07, 6.45) is -1.07. The van der Waals surface area contributed by atoms with Crippen LogP contribution in [0.1, 0.15) is 17.7 Å². The Morgan fingerprint density at radius 3 is 2.67 bits per heavy atom. The van der Waals surface area contributed by atoms with Gasteiger partial charge in [-0.3, -0.25) is 4.98 Å². The van der Waals surface area contributed by atoms with Crippen molar-refractivity contribution in [2.45, 2.75) is 13.3 Å². The largest absolute Gasteiger partial charge is 0.281 e. The molecule has 0 aliphatic rings. The summed E-state index contributed by atoms with van der Waals surface area (Å²) in [4.78, 5) is 3.63. The van der Waals surface area contributed by atoms with E-state index in [1.54, 1.807) is 6.92 Å². The summed E-state index contributed by atoms with van der Waals surface area (Å²) >= 11 is 5.14. The summed E-state index contributed by atoms with van der Waals surface area (Å²) in [5, 5.41) is 0. The molecular weight excluding hydrogens is 343 g/mol. The smallest absolute Gasteiger partial charge is 0.253 e. The second-order valence-corrected chi connectivity index (χ2v) is 4.19. The molecule has 0 atom stereocenters. The molecule has 0 N–H and O–H groups in total. The lowest BCUT2D eigenvalue weighted by atomic mass is 10.2. The summed E-state index contributed by atoms with van der Waals surface area (Å²) in [7, 11) is 0. The van der Waals surface area contributed by atoms with Gasteiger partial charge in [0, 0.05) is 14.2 Å². The minimum Gasteiger partial charge on any atom is -0.253 e. The van der Waals surface area contributed by atoms with Crippen LogP contribution in [0.25, 0.3) is 0 Å². The van der Waals surface area contributed by atoms with Crippen LogP contribution in [0.15, 0.2) is 10.7 Å². The highest BCUT2D eigenvalue weighted by molar-refractivity contribution is 14.1. The molecule has 0 unspecified atom stereocenters. The number of aromatic nitrogens is 1. The van der Waals surface area contributed by atoms with Crippen LogP contribution < -0.4 is 0 Å². The van der Waals surface area contributed by atoms with Gasteiger partial charge in [-0.05, 0) is 51.0 Å². The monoisotopic (exact) mass is 347 g/mol. The Balaban J connectivity index is 3.27. The average Bonchev–Trinajstić information content (AvgIpc) is 2.00. The van der Waals surface area contributed by atoms with Gasteiger partial charge in [0.15, 0.2) is 0 Å². The van der Waals surface area contributed by atoms with Crippen LogP contribution in [0.4, 0.5) is 8.78 Å². The third-order valence-electron chi connectivity index (χ3n) is 1.44. The first-order valence-corrected chi connectivity index (χ1v) is 5.00. The number of hydrogen-bond acceptors (Lipinski definition) is 1. The van der Waals surface area contributed by atoms with Crippen molar-refractivity contribution in [1.82, 2.24) is 4.98 Å². The quantitative estimate of drug-likeness (QED) is 0.706. The maximum Gasteiger partial charge on any atom is 0.281 e. The van der Waals surface area contributed by atoms with Crippen LogP contribution in [0.3, 0.4) is 0 Å². The zero-order valence-electron chi connectivity index (χ0n) is 6.11. The van der Waals surface area contributed by atoms with Crippen molar-refractivity contribution in [3.05, 3.63) is 25.5 Å². The summed E-state index contributed by atoms with van der Waals surface area (Å²) in [5.41, 5.74) is 0.619. The van der Waals surface area contributed by atoms with Crippen LogP contribution in [0.2, 0.25) is 0 Å². The topological polar surface area (TPSA) is 12.9 Å². The number of nitrogens with zero attached hydrogens (tertiary/aromatic N) is 1. The lowest BCUT2D eigenvalue weighted by Crippen LogP contribution is -1.95. The molecule has 0 fully saturated rings. The maximum atomic E-state index is 12.2. The van der Waals surface area contributed by atoms with E-state index in [9.17, 15) is 8.78 Å². The molecule has 0 aromatic carbocycles. The summed E-state index contributed by atoms with van der Waals surface area (Å²) in [6, 6.07) is 0. The van der Waals surface area contributed by atoms with Gasteiger partial charge in [0.2, 0.25) is 0 Å². The van der Waals surface area contributed by atoms with Crippen molar-refractivity contribution in [3.63, 3.8) is 0 Å². The maximum absolute atomic E-state index is 12.2. The van der Waals surface area contributed by atoms with Gasteiger partial charge in [-0.15, -0.1) is 0 Å². The average molecular weight is 348 g/mol. The van der Waals surface area contributed by atoms with E-state index in [4.69, 9.17) is 0 Å². The minimum absolute atomic E-state index is 0.187. The van der Waals surface area contributed by atoms with E-state index in [-0.39, 0.29) is 5.69 Å². The van der Waals surface area contributed by atoms with Crippen molar-refractivity contribution in [2.24, 2.45) is 0 Å². The van der Waals surface area contributed by atoms with E-state index in [1.165, 1.54) is 6.20 Å². The van der Waals surface area contributed by atoms with Gasteiger partial charge in [-0.2, -0.15) is 0 Å². The molecule has 0 amide bonds. The first-order chi connectivity index (χ1) is 5.54. The van der Waals surface area contributed by atoms with Gasteiger partial charge < -0.3 is 0 Å². The van der Waals surface area contributed by atoms with Crippen molar-refractivity contribution < 1.29 is 8.78 Å². The molecule has 1 rings (SSSR count). The van der Waals surface area contributed by atoms with Gasteiger partial charge in [0.1, 0.15) is 5.69 Å². The van der Waals surface area contributed by atoms with Crippen LogP contribution in [0.5, 0.6) is 0 Å². The highest BCUT2D eigenvalue weighted by atomic mass is 127. The summed E-state index contributed by atoms with van der Waals surface area (Å²) in [5.74, 6) is 0. The zero-order valence-corrected chi connectivity index (χ0v) is 9.86. The van der Waals surface area contributed by atoms with E-state index < -0.39 is 6.43 Å². The molecule has 1 heterocycles. The number of rotatable bonds is 1. The van der Waals surface area contributed by atoms with Crippen LogP contribution in [-0.2, 0) is 0 Å². The van der Waals surface area contributed by atoms with Gasteiger partial charge >= 0.3 is 0 Å². The molecule has 0 saturated heterocycles. The number of hydrogen-bond donors (Lipinski definition) is 0. The Bertz CT molecular complexity index is 304.